The molecule has 23 heavy (non-hydrogen) atoms. The minimum atomic E-state index is -0.721. The summed E-state index contributed by atoms with van der Waals surface area (Å²) in [5, 5.41) is 2.68. The number of ether oxygens (including phenoxy) is 1. The molecule has 0 fully saturated rings. The summed E-state index contributed by atoms with van der Waals surface area (Å²) in [7, 11) is 0. The zero-order chi connectivity index (χ0) is 16.4. The molecule has 0 radical (unpaired) electrons. The summed E-state index contributed by atoms with van der Waals surface area (Å²) in [6.07, 6.45) is 0.949. The number of hydrogen-bond donors (Lipinski definition) is 3. The number of nitrogens with two attached hydrogens (primary N) is 2. The molecule has 0 saturated heterocycles. The highest BCUT2D eigenvalue weighted by Gasteiger charge is 2.22. The number of carbonyl (C=O) groups is 2. The van der Waals surface area contributed by atoms with Crippen molar-refractivity contribution < 1.29 is 26.7 Å². The Balaban J connectivity index is 0.00000484. The van der Waals surface area contributed by atoms with E-state index < -0.39 is 12.0 Å². The number of rotatable bonds is 8. The van der Waals surface area contributed by atoms with E-state index in [0.717, 1.165) is 0 Å². The first-order valence-corrected chi connectivity index (χ1v) is 7.12. The summed E-state index contributed by atoms with van der Waals surface area (Å²) in [6, 6.07) is 7.96. The number of amides is 1. The number of nitrogens with one attached hydrogen (secondary N) is 1. The lowest BCUT2D eigenvalue weighted by molar-refractivity contribution is -0.145. The molecule has 1 amide bonds. The number of esters is 1. The van der Waals surface area contributed by atoms with Crippen LogP contribution in [0.25, 0.3) is 0 Å². The van der Waals surface area contributed by atoms with Crippen molar-refractivity contribution in [2.45, 2.75) is 25.8 Å². The Kier molecular flexibility index (Phi) is 10.2. The van der Waals surface area contributed by atoms with Crippen molar-refractivity contribution in [3.63, 3.8) is 0 Å². The van der Waals surface area contributed by atoms with Crippen LogP contribution in [0.4, 0.5) is 0 Å². The van der Waals surface area contributed by atoms with Crippen molar-refractivity contribution in [1.82, 2.24) is 5.32 Å². The van der Waals surface area contributed by atoms with Crippen molar-refractivity contribution in [2.75, 3.05) is 13.2 Å². The molecule has 0 aliphatic heterocycles. The minimum Gasteiger partial charge on any atom is -1.00 e. The van der Waals surface area contributed by atoms with Gasteiger partial charge in [0, 0.05) is 12.1 Å². The molecule has 0 heterocycles. The molecule has 1 rings (SSSR count). The summed E-state index contributed by atoms with van der Waals surface area (Å²) >= 11 is 0. The molecule has 8 heteroatoms. The van der Waals surface area contributed by atoms with Crippen LogP contribution in [0.2, 0.25) is 0 Å². The van der Waals surface area contributed by atoms with Crippen molar-refractivity contribution in [2.24, 2.45) is 16.5 Å². The van der Waals surface area contributed by atoms with Crippen molar-refractivity contribution >= 4 is 17.8 Å². The highest BCUT2D eigenvalue weighted by molar-refractivity contribution is 5.96. The molecule has 1 aromatic carbocycles. The van der Waals surface area contributed by atoms with E-state index in [-0.39, 0.29) is 30.9 Å². The van der Waals surface area contributed by atoms with Gasteiger partial charge in [-0.15, -0.1) is 0 Å². The van der Waals surface area contributed by atoms with Gasteiger partial charge >= 0.3 is 5.97 Å². The molecule has 0 spiro atoms. The van der Waals surface area contributed by atoms with Crippen molar-refractivity contribution in [3.05, 3.63) is 35.9 Å². The van der Waals surface area contributed by atoms with E-state index in [1.165, 1.54) is 0 Å². The number of hydrogen-bond acceptors (Lipinski definition) is 4. The molecule has 0 aromatic heterocycles. The highest BCUT2D eigenvalue weighted by atomic mass is 35.5. The van der Waals surface area contributed by atoms with Crippen LogP contribution in [-0.2, 0) is 9.53 Å². The summed E-state index contributed by atoms with van der Waals surface area (Å²) in [6.45, 7) is 2.36. The number of carbonyl (C=O) groups excluding carboxylic acids is 2. The number of nitrogens with zero attached hydrogens (tertiary/aromatic N) is 1. The number of halogens is 1. The second-order valence-corrected chi connectivity index (χ2v) is 4.59. The van der Waals surface area contributed by atoms with Gasteiger partial charge in [0.15, 0.2) is 5.96 Å². The maximum absolute atomic E-state index is 12.1. The largest absolute Gasteiger partial charge is 1.00 e. The SMILES string of the molecule is CCOC(=O)[C@H](CCCN=C(N)N)NC(=O)c1ccccc1.[Cl-]. The third-order valence-corrected chi connectivity index (χ3v) is 2.86. The Hall–Kier alpha value is -2.28. The van der Waals surface area contributed by atoms with E-state index in [0.29, 0.717) is 24.9 Å². The van der Waals surface area contributed by atoms with E-state index in [2.05, 4.69) is 10.3 Å². The molecule has 0 aliphatic rings. The Morgan fingerprint density at radius 3 is 2.48 bits per heavy atom. The average Bonchev–Trinajstić information content (AvgIpc) is 2.51. The number of aliphatic imine (C=N–C) groups is 1. The highest BCUT2D eigenvalue weighted by Crippen LogP contribution is 2.04. The Morgan fingerprint density at radius 1 is 1.26 bits per heavy atom. The summed E-state index contributed by atoms with van der Waals surface area (Å²) < 4.78 is 4.98. The third kappa shape index (κ3) is 8.06. The van der Waals surface area contributed by atoms with Gasteiger partial charge in [0.1, 0.15) is 6.04 Å². The topological polar surface area (TPSA) is 120 Å². The van der Waals surface area contributed by atoms with Crippen LogP contribution in [0, 0.1) is 0 Å². The molecular formula is C15H22ClN4O3-. The van der Waals surface area contributed by atoms with Crippen LogP contribution in [0.3, 0.4) is 0 Å². The van der Waals surface area contributed by atoms with Crippen LogP contribution in [0.15, 0.2) is 35.3 Å². The molecule has 0 bridgehead atoms. The van der Waals surface area contributed by atoms with Crippen LogP contribution in [0.1, 0.15) is 30.1 Å². The average molecular weight is 342 g/mol. The molecule has 0 saturated carbocycles. The predicted octanol–water partition coefficient (Wildman–Crippen LogP) is -2.59. The lowest BCUT2D eigenvalue weighted by Crippen LogP contribution is -3.00. The number of guanidine groups is 1. The maximum atomic E-state index is 12.1. The van der Waals surface area contributed by atoms with Crippen LogP contribution < -0.4 is 29.2 Å². The lowest BCUT2D eigenvalue weighted by atomic mass is 10.1. The van der Waals surface area contributed by atoms with E-state index in [9.17, 15) is 9.59 Å². The van der Waals surface area contributed by atoms with Crippen LogP contribution in [-0.4, -0.2) is 37.0 Å². The first-order chi connectivity index (χ1) is 10.5. The first kappa shape index (κ1) is 20.7. The Labute approximate surface area is 141 Å². The van der Waals surface area contributed by atoms with Crippen molar-refractivity contribution in [3.8, 4) is 0 Å². The van der Waals surface area contributed by atoms with E-state index in [4.69, 9.17) is 16.2 Å². The summed E-state index contributed by atoms with van der Waals surface area (Å²) in [5.41, 5.74) is 11.0. The fourth-order valence-electron chi connectivity index (χ4n) is 1.83. The predicted molar refractivity (Wildman–Crippen MR) is 84.2 cm³/mol. The molecule has 1 atom stereocenters. The third-order valence-electron chi connectivity index (χ3n) is 2.86. The van der Waals surface area contributed by atoms with Crippen molar-refractivity contribution in [1.29, 1.82) is 0 Å². The molecular weight excluding hydrogens is 320 g/mol. The van der Waals surface area contributed by atoms with E-state index in [1.54, 1.807) is 31.2 Å². The first-order valence-electron chi connectivity index (χ1n) is 7.12. The van der Waals surface area contributed by atoms with Gasteiger partial charge < -0.3 is 33.9 Å². The fraction of sp³-hybridized carbons (Fsp3) is 0.400. The summed E-state index contributed by atoms with van der Waals surface area (Å²) in [4.78, 5) is 27.9. The summed E-state index contributed by atoms with van der Waals surface area (Å²) in [5.74, 6) is -0.780. The molecule has 1 aromatic rings. The second kappa shape index (κ2) is 11.3. The number of benzene rings is 1. The van der Waals surface area contributed by atoms with Gasteiger partial charge in [0.25, 0.3) is 5.91 Å². The Bertz CT molecular complexity index is 519. The molecule has 0 aliphatic carbocycles. The maximum Gasteiger partial charge on any atom is 0.328 e. The van der Waals surface area contributed by atoms with Gasteiger partial charge in [-0.2, -0.15) is 0 Å². The van der Waals surface area contributed by atoms with Gasteiger partial charge in [-0.25, -0.2) is 4.79 Å². The standard InChI is InChI=1S/C15H22N4O3.ClH/c1-2-22-14(21)12(9-6-10-18-15(16)17)19-13(20)11-7-4-3-5-8-11;/h3-5,7-8,12H,2,6,9-10H2,1H3,(H,19,20)(H4,16,17,18);1H/p-1/t12-;/m0./s1. The van der Waals surface area contributed by atoms with Gasteiger partial charge in [-0.3, -0.25) is 9.79 Å². The molecule has 5 N–H and O–H groups in total. The molecule has 0 unspecified atom stereocenters. The van der Waals surface area contributed by atoms with E-state index in [1.807, 2.05) is 6.07 Å². The lowest BCUT2D eigenvalue weighted by Gasteiger charge is -2.17. The quantitative estimate of drug-likeness (QED) is 0.207. The smallest absolute Gasteiger partial charge is 0.328 e. The van der Waals surface area contributed by atoms with Gasteiger partial charge in [0.2, 0.25) is 0 Å². The monoisotopic (exact) mass is 341 g/mol. The van der Waals surface area contributed by atoms with Gasteiger partial charge in [0.05, 0.1) is 6.61 Å². The van der Waals surface area contributed by atoms with Crippen LogP contribution >= 0.6 is 0 Å². The molecule has 7 nitrogen and oxygen atoms in total. The molecule has 128 valence electrons. The van der Waals surface area contributed by atoms with Gasteiger partial charge in [-0.1, -0.05) is 18.2 Å². The van der Waals surface area contributed by atoms with E-state index >= 15 is 0 Å². The van der Waals surface area contributed by atoms with Crippen LogP contribution in [0.5, 0.6) is 0 Å². The zero-order valence-corrected chi connectivity index (χ0v) is 13.8. The Morgan fingerprint density at radius 2 is 1.91 bits per heavy atom. The minimum absolute atomic E-state index is 0. The second-order valence-electron chi connectivity index (χ2n) is 4.59. The fourth-order valence-corrected chi connectivity index (χ4v) is 1.83. The normalized spacial score (nSPS) is 10.8. The zero-order valence-electron chi connectivity index (χ0n) is 13.0. The van der Waals surface area contributed by atoms with Gasteiger partial charge in [-0.05, 0) is 31.9 Å².